The molecular weight excluding hydrogens is 236 g/mol. The third-order valence-electron chi connectivity index (χ3n) is 3.33. The van der Waals surface area contributed by atoms with Gasteiger partial charge in [-0.05, 0) is 23.1 Å². The lowest BCUT2D eigenvalue weighted by Gasteiger charge is -2.16. The summed E-state index contributed by atoms with van der Waals surface area (Å²) < 4.78 is 5.31. The average molecular weight is 256 g/mol. The van der Waals surface area contributed by atoms with Gasteiger partial charge in [-0.15, -0.1) is 0 Å². The number of methoxy groups -OCH3 is 1. The topological polar surface area (TPSA) is 48.1 Å². The highest BCUT2D eigenvalue weighted by molar-refractivity contribution is 5.40. The maximum Gasteiger partial charge on any atom is 0.142 e. The molecule has 0 fully saturated rings. The molecule has 2 rings (SSSR count). The highest BCUT2D eigenvalue weighted by Gasteiger charge is 2.14. The summed E-state index contributed by atoms with van der Waals surface area (Å²) in [5.74, 6) is 1.25. The fourth-order valence-electron chi connectivity index (χ4n) is 2.09. The van der Waals surface area contributed by atoms with Crippen LogP contribution in [0.4, 0.5) is 0 Å². The van der Waals surface area contributed by atoms with Crippen LogP contribution in [0.5, 0.6) is 5.75 Å². The Morgan fingerprint density at radius 3 is 2.26 bits per heavy atom. The maximum atomic E-state index is 6.31. The number of aromatic nitrogens is 1. The molecule has 0 aliphatic rings. The summed E-state index contributed by atoms with van der Waals surface area (Å²) in [4.78, 5) is 4.05. The van der Waals surface area contributed by atoms with Crippen LogP contribution in [0.2, 0.25) is 0 Å². The number of nitrogens with two attached hydrogens (primary N) is 1. The van der Waals surface area contributed by atoms with Crippen molar-refractivity contribution < 1.29 is 4.74 Å². The van der Waals surface area contributed by atoms with Gasteiger partial charge in [0, 0.05) is 11.8 Å². The molecule has 0 spiro atoms. The Balaban J connectivity index is 2.30. The minimum Gasteiger partial charge on any atom is -0.495 e. The largest absolute Gasteiger partial charge is 0.495 e. The van der Waals surface area contributed by atoms with E-state index in [1.54, 1.807) is 19.5 Å². The van der Waals surface area contributed by atoms with E-state index in [1.807, 2.05) is 6.07 Å². The molecule has 1 atom stereocenters. The Labute approximate surface area is 114 Å². The van der Waals surface area contributed by atoms with Crippen LogP contribution in [0.25, 0.3) is 0 Å². The van der Waals surface area contributed by atoms with Crippen LogP contribution in [-0.4, -0.2) is 12.1 Å². The summed E-state index contributed by atoms with van der Waals surface area (Å²) in [5.41, 5.74) is 9.66. The summed E-state index contributed by atoms with van der Waals surface area (Å²) in [5, 5.41) is 0. The Bertz CT molecular complexity index is 535. The second kappa shape index (κ2) is 5.85. The molecule has 3 nitrogen and oxygen atoms in total. The summed E-state index contributed by atoms with van der Waals surface area (Å²) in [7, 11) is 1.63. The second-order valence-electron chi connectivity index (χ2n) is 4.92. The number of hydrogen-bond acceptors (Lipinski definition) is 3. The quantitative estimate of drug-likeness (QED) is 0.913. The number of pyridine rings is 1. The van der Waals surface area contributed by atoms with Crippen molar-refractivity contribution in [3.05, 3.63) is 59.4 Å². The normalized spacial score (nSPS) is 12.5. The number of benzene rings is 1. The monoisotopic (exact) mass is 256 g/mol. The first-order valence-corrected chi connectivity index (χ1v) is 6.46. The molecule has 0 aliphatic carbocycles. The van der Waals surface area contributed by atoms with E-state index in [0.29, 0.717) is 5.92 Å². The van der Waals surface area contributed by atoms with Crippen LogP contribution >= 0.6 is 0 Å². The molecule has 0 radical (unpaired) electrons. The number of ether oxygens (including phenoxy) is 1. The lowest BCUT2D eigenvalue weighted by atomic mass is 9.96. The van der Waals surface area contributed by atoms with Gasteiger partial charge in [0.25, 0.3) is 0 Å². The van der Waals surface area contributed by atoms with Crippen molar-refractivity contribution in [2.24, 2.45) is 5.73 Å². The van der Waals surface area contributed by atoms with E-state index < -0.39 is 0 Å². The zero-order chi connectivity index (χ0) is 13.8. The molecule has 0 saturated carbocycles. The van der Waals surface area contributed by atoms with E-state index >= 15 is 0 Å². The van der Waals surface area contributed by atoms with Gasteiger partial charge < -0.3 is 10.5 Å². The Morgan fingerprint density at radius 2 is 1.68 bits per heavy atom. The van der Waals surface area contributed by atoms with E-state index in [2.05, 4.69) is 43.1 Å². The van der Waals surface area contributed by atoms with Gasteiger partial charge in [-0.1, -0.05) is 38.1 Å². The van der Waals surface area contributed by atoms with Crippen molar-refractivity contribution in [2.75, 3.05) is 7.11 Å². The highest BCUT2D eigenvalue weighted by atomic mass is 16.5. The van der Waals surface area contributed by atoms with Gasteiger partial charge in [0.1, 0.15) is 5.75 Å². The van der Waals surface area contributed by atoms with Gasteiger partial charge in [0.15, 0.2) is 0 Å². The van der Waals surface area contributed by atoms with Crippen molar-refractivity contribution in [3.8, 4) is 5.75 Å². The van der Waals surface area contributed by atoms with Crippen LogP contribution < -0.4 is 10.5 Å². The maximum absolute atomic E-state index is 6.31. The Morgan fingerprint density at radius 1 is 1.05 bits per heavy atom. The minimum absolute atomic E-state index is 0.195. The van der Waals surface area contributed by atoms with Gasteiger partial charge in [-0.2, -0.15) is 0 Å². The molecule has 0 aliphatic heterocycles. The lowest BCUT2D eigenvalue weighted by molar-refractivity contribution is 0.406. The summed E-state index contributed by atoms with van der Waals surface area (Å²) in [6, 6.07) is 10.1. The molecule has 0 amide bonds. The van der Waals surface area contributed by atoms with Crippen molar-refractivity contribution in [1.29, 1.82) is 0 Å². The fourth-order valence-corrected chi connectivity index (χ4v) is 2.09. The number of hydrogen-bond donors (Lipinski definition) is 1. The van der Waals surface area contributed by atoms with Crippen molar-refractivity contribution in [2.45, 2.75) is 25.8 Å². The van der Waals surface area contributed by atoms with E-state index in [1.165, 1.54) is 5.56 Å². The van der Waals surface area contributed by atoms with E-state index in [-0.39, 0.29) is 6.04 Å². The Kier molecular flexibility index (Phi) is 4.17. The molecule has 1 aromatic carbocycles. The highest BCUT2D eigenvalue weighted by Crippen LogP contribution is 2.28. The van der Waals surface area contributed by atoms with Gasteiger partial charge in [0.05, 0.1) is 19.3 Å². The molecule has 1 unspecified atom stereocenters. The van der Waals surface area contributed by atoms with Gasteiger partial charge in [-0.25, -0.2) is 0 Å². The Hall–Kier alpha value is -1.87. The van der Waals surface area contributed by atoms with Crippen molar-refractivity contribution >= 4 is 0 Å². The summed E-state index contributed by atoms with van der Waals surface area (Å²) in [6.45, 7) is 4.36. The standard InChI is InChI=1S/C16H20N2O/c1-11(2)12-4-6-13(7-5-12)16(17)14-8-9-18-10-15(14)19-3/h4-11,16H,17H2,1-3H3. The molecule has 2 aromatic rings. The first-order valence-electron chi connectivity index (χ1n) is 6.46. The zero-order valence-electron chi connectivity index (χ0n) is 11.6. The third kappa shape index (κ3) is 2.93. The molecule has 0 bridgehead atoms. The lowest BCUT2D eigenvalue weighted by Crippen LogP contribution is -2.13. The number of nitrogens with zero attached hydrogens (tertiary/aromatic N) is 1. The average Bonchev–Trinajstić information content (AvgIpc) is 2.46. The summed E-state index contributed by atoms with van der Waals surface area (Å²) >= 11 is 0. The van der Waals surface area contributed by atoms with Crippen LogP contribution in [0, 0.1) is 0 Å². The zero-order valence-corrected chi connectivity index (χ0v) is 11.6. The molecule has 19 heavy (non-hydrogen) atoms. The predicted molar refractivity (Wildman–Crippen MR) is 77.4 cm³/mol. The second-order valence-corrected chi connectivity index (χ2v) is 4.92. The predicted octanol–water partition coefficient (Wildman–Crippen LogP) is 3.26. The molecular formula is C16H20N2O. The molecule has 3 heteroatoms. The van der Waals surface area contributed by atoms with Crippen LogP contribution in [0.1, 0.15) is 42.5 Å². The smallest absolute Gasteiger partial charge is 0.142 e. The first-order chi connectivity index (χ1) is 9.13. The van der Waals surface area contributed by atoms with Crippen LogP contribution in [0.15, 0.2) is 42.7 Å². The minimum atomic E-state index is -0.195. The van der Waals surface area contributed by atoms with E-state index in [0.717, 1.165) is 16.9 Å². The SMILES string of the molecule is COc1cnccc1C(N)c1ccc(C(C)C)cc1. The first kappa shape index (κ1) is 13.6. The van der Waals surface area contributed by atoms with Crippen LogP contribution in [-0.2, 0) is 0 Å². The molecule has 100 valence electrons. The number of rotatable bonds is 4. The van der Waals surface area contributed by atoms with Gasteiger partial charge in [0.2, 0.25) is 0 Å². The molecule has 0 saturated heterocycles. The molecule has 2 N–H and O–H groups in total. The van der Waals surface area contributed by atoms with Gasteiger partial charge >= 0.3 is 0 Å². The van der Waals surface area contributed by atoms with E-state index in [9.17, 15) is 0 Å². The molecule has 1 heterocycles. The van der Waals surface area contributed by atoms with Crippen molar-refractivity contribution in [1.82, 2.24) is 4.98 Å². The summed E-state index contributed by atoms with van der Waals surface area (Å²) in [6.07, 6.45) is 3.43. The van der Waals surface area contributed by atoms with Crippen LogP contribution in [0.3, 0.4) is 0 Å². The van der Waals surface area contributed by atoms with E-state index in [4.69, 9.17) is 10.5 Å². The third-order valence-corrected chi connectivity index (χ3v) is 3.33. The molecule has 1 aromatic heterocycles. The fraction of sp³-hybridized carbons (Fsp3) is 0.312. The van der Waals surface area contributed by atoms with Gasteiger partial charge in [-0.3, -0.25) is 4.98 Å². The van der Waals surface area contributed by atoms with Crippen molar-refractivity contribution in [3.63, 3.8) is 0 Å².